The standard InChI is InChI=1S/C54H29N5O/c55-30-33-28-49(34(31-56)27-48(33)58-45-19-9-5-15-40(45)52-36-12-2-1-11-32(36)21-24-47(52)58)59-46-25-22-35(57-43-17-7-3-13-37(43)38-14-4-8-18-44(38)57)29-42(46)39-23-26-51-53(54(39)59)41-16-6-10-20-50(41)60-51/h1-29H. The summed E-state index contributed by atoms with van der Waals surface area (Å²) in [4.78, 5) is 0. The first-order valence-electron chi connectivity index (χ1n) is 20.0. The lowest BCUT2D eigenvalue weighted by Gasteiger charge is -2.16. The minimum absolute atomic E-state index is 0.450. The summed E-state index contributed by atoms with van der Waals surface area (Å²) in [5.41, 5.74) is 10.8. The van der Waals surface area contributed by atoms with E-state index in [-0.39, 0.29) is 0 Å². The number of rotatable bonds is 3. The molecule has 0 saturated carbocycles. The first kappa shape index (κ1) is 32.5. The molecule has 0 bridgehead atoms. The molecule has 0 spiro atoms. The highest BCUT2D eigenvalue weighted by molar-refractivity contribution is 6.25. The highest BCUT2D eigenvalue weighted by atomic mass is 16.3. The van der Waals surface area contributed by atoms with E-state index in [0.29, 0.717) is 22.5 Å². The first-order valence-corrected chi connectivity index (χ1v) is 20.0. The van der Waals surface area contributed by atoms with Crippen LogP contribution < -0.4 is 0 Å². The molecule has 0 amide bonds. The van der Waals surface area contributed by atoms with Gasteiger partial charge in [0.15, 0.2) is 0 Å². The molecule has 0 radical (unpaired) electrons. The van der Waals surface area contributed by atoms with Crippen molar-refractivity contribution >= 4 is 98.1 Å². The third-order valence-corrected chi connectivity index (χ3v) is 12.5. The van der Waals surface area contributed by atoms with Crippen molar-refractivity contribution in [2.24, 2.45) is 0 Å². The molecular weight excluding hydrogens is 735 g/mol. The van der Waals surface area contributed by atoms with Gasteiger partial charge in [0.2, 0.25) is 0 Å². The van der Waals surface area contributed by atoms with Crippen LogP contribution in [0, 0.1) is 22.7 Å². The van der Waals surface area contributed by atoms with Gasteiger partial charge in [-0.1, -0.05) is 103 Å². The highest BCUT2D eigenvalue weighted by Gasteiger charge is 2.25. The van der Waals surface area contributed by atoms with E-state index in [9.17, 15) is 10.5 Å². The van der Waals surface area contributed by atoms with Crippen LogP contribution >= 0.6 is 0 Å². The molecule has 0 unspecified atom stereocenters. The summed E-state index contributed by atoms with van der Waals surface area (Å²) in [6.45, 7) is 0. The Bertz CT molecular complexity index is 4050. The largest absolute Gasteiger partial charge is 0.456 e. The monoisotopic (exact) mass is 763 g/mol. The van der Waals surface area contributed by atoms with E-state index in [4.69, 9.17) is 4.42 Å². The predicted octanol–water partition coefficient (Wildman–Crippen LogP) is 13.8. The molecule has 0 saturated heterocycles. The number of hydrogen-bond donors (Lipinski definition) is 0. The third-order valence-electron chi connectivity index (χ3n) is 12.5. The number of benzene rings is 9. The fourth-order valence-electron chi connectivity index (χ4n) is 10.0. The van der Waals surface area contributed by atoms with Gasteiger partial charge >= 0.3 is 0 Å². The van der Waals surface area contributed by atoms with Crippen LogP contribution in [0.25, 0.3) is 115 Å². The molecule has 0 N–H and O–H groups in total. The molecule has 6 heteroatoms. The van der Waals surface area contributed by atoms with E-state index in [1.54, 1.807) is 0 Å². The maximum absolute atomic E-state index is 11.2. The van der Waals surface area contributed by atoms with Crippen molar-refractivity contribution in [3.8, 4) is 29.2 Å². The number of nitrogens with zero attached hydrogens (tertiary/aromatic N) is 5. The molecule has 13 aromatic rings. The van der Waals surface area contributed by atoms with E-state index in [1.807, 2.05) is 36.4 Å². The summed E-state index contributed by atoms with van der Waals surface area (Å²) in [6, 6.07) is 65.8. The SMILES string of the molecule is N#Cc1cc(-n2c3ccc(-n4c5ccccc5c5ccccc54)cc3c3ccc4oc5ccccc5c4c32)c(C#N)cc1-n1c2ccccc2c2c3ccccc3ccc21. The molecule has 276 valence electrons. The van der Waals surface area contributed by atoms with Crippen molar-refractivity contribution in [1.29, 1.82) is 10.5 Å². The van der Waals surface area contributed by atoms with E-state index in [2.05, 4.69) is 165 Å². The Morgan fingerprint density at radius 3 is 1.65 bits per heavy atom. The van der Waals surface area contributed by atoms with E-state index in [0.717, 1.165) is 93.0 Å². The van der Waals surface area contributed by atoms with Gasteiger partial charge in [0.1, 0.15) is 23.3 Å². The van der Waals surface area contributed by atoms with Gasteiger partial charge in [0.05, 0.1) is 61.0 Å². The van der Waals surface area contributed by atoms with Gasteiger partial charge in [0, 0.05) is 43.4 Å². The lowest BCUT2D eigenvalue weighted by atomic mass is 10.0. The van der Waals surface area contributed by atoms with Gasteiger partial charge in [-0.2, -0.15) is 10.5 Å². The maximum atomic E-state index is 11.2. The van der Waals surface area contributed by atoms with Crippen LogP contribution in [0.5, 0.6) is 0 Å². The second-order valence-electron chi connectivity index (χ2n) is 15.5. The summed E-state index contributed by atoms with van der Waals surface area (Å²) in [5, 5.41) is 33.1. The summed E-state index contributed by atoms with van der Waals surface area (Å²) >= 11 is 0. The maximum Gasteiger partial charge on any atom is 0.137 e. The average molecular weight is 764 g/mol. The van der Waals surface area contributed by atoms with Crippen molar-refractivity contribution in [3.05, 3.63) is 187 Å². The Kier molecular flexibility index (Phi) is 6.48. The molecule has 9 aromatic carbocycles. The molecule has 0 aliphatic heterocycles. The lowest BCUT2D eigenvalue weighted by molar-refractivity contribution is 0.669. The fraction of sp³-hybridized carbons (Fsp3) is 0. The molecular formula is C54H29N5O. The molecule has 6 nitrogen and oxygen atoms in total. The minimum atomic E-state index is 0.450. The number of aromatic nitrogens is 3. The molecule has 4 heterocycles. The Hall–Kier alpha value is -8.58. The van der Waals surface area contributed by atoms with E-state index in [1.165, 1.54) is 10.8 Å². The topological polar surface area (TPSA) is 75.5 Å². The molecule has 60 heavy (non-hydrogen) atoms. The zero-order valence-electron chi connectivity index (χ0n) is 31.9. The quantitative estimate of drug-likeness (QED) is 0.180. The first-order chi connectivity index (χ1) is 29.7. The minimum Gasteiger partial charge on any atom is -0.456 e. The normalized spacial score (nSPS) is 12.0. The van der Waals surface area contributed by atoms with Crippen molar-refractivity contribution in [1.82, 2.24) is 13.7 Å². The van der Waals surface area contributed by atoms with Crippen molar-refractivity contribution in [2.45, 2.75) is 0 Å². The zero-order chi connectivity index (χ0) is 39.6. The van der Waals surface area contributed by atoms with Crippen molar-refractivity contribution < 1.29 is 4.42 Å². The molecule has 0 fully saturated rings. The number of hydrogen-bond acceptors (Lipinski definition) is 3. The average Bonchev–Trinajstić information content (AvgIpc) is 4.04. The van der Waals surface area contributed by atoms with Gasteiger partial charge in [-0.05, 0) is 83.6 Å². The number of fused-ring (bicyclic) bond motifs is 15. The smallest absolute Gasteiger partial charge is 0.137 e. The summed E-state index contributed by atoms with van der Waals surface area (Å²) in [5.74, 6) is 0. The zero-order valence-corrected chi connectivity index (χ0v) is 31.9. The number of furan rings is 1. The lowest BCUT2D eigenvalue weighted by Crippen LogP contribution is -2.04. The highest BCUT2D eigenvalue weighted by Crippen LogP contribution is 2.44. The number of nitriles is 2. The van der Waals surface area contributed by atoms with Crippen molar-refractivity contribution in [2.75, 3.05) is 0 Å². The third kappa shape index (κ3) is 4.23. The van der Waals surface area contributed by atoms with Gasteiger partial charge in [-0.25, -0.2) is 0 Å². The van der Waals surface area contributed by atoms with Crippen LogP contribution in [0.4, 0.5) is 0 Å². The van der Waals surface area contributed by atoms with Crippen LogP contribution in [-0.2, 0) is 0 Å². The predicted molar refractivity (Wildman–Crippen MR) is 244 cm³/mol. The summed E-state index contributed by atoms with van der Waals surface area (Å²) in [6.07, 6.45) is 0. The van der Waals surface area contributed by atoms with Crippen LogP contribution in [0.15, 0.2) is 180 Å². The Balaban J connectivity index is 1.14. The fourth-order valence-corrected chi connectivity index (χ4v) is 10.0. The van der Waals surface area contributed by atoms with Crippen LogP contribution in [0.3, 0.4) is 0 Å². The molecule has 0 aliphatic rings. The molecule has 13 rings (SSSR count). The van der Waals surface area contributed by atoms with Gasteiger partial charge in [0.25, 0.3) is 0 Å². The second-order valence-corrected chi connectivity index (χ2v) is 15.5. The van der Waals surface area contributed by atoms with Gasteiger partial charge in [-0.15, -0.1) is 0 Å². The van der Waals surface area contributed by atoms with Gasteiger partial charge < -0.3 is 18.1 Å². The van der Waals surface area contributed by atoms with E-state index >= 15 is 0 Å². The Morgan fingerprint density at radius 2 is 0.933 bits per heavy atom. The van der Waals surface area contributed by atoms with Crippen LogP contribution in [0.1, 0.15) is 11.1 Å². The Morgan fingerprint density at radius 1 is 0.367 bits per heavy atom. The van der Waals surface area contributed by atoms with E-state index < -0.39 is 0 Å². The van der Waals surface area contributed by atoms with Gasteiger partial charge in [-0.3, -0.25) is 0 Å². The summed E-state index contributed by atoms with van der Waals surface area (Å²) in [7, 11) is 0. The number of para-hydroxylation sites is 4. The van der Waals surface area contributed by atoms with Crippen LogP contribution in [0.2, 0.25) is 0 Å². The summed E-state index contributed by atoms with van der Waals surface area (Å²) < 4.78 is 13.1. The second kappa shape index (κ2) is 12.0. The van der Waals surface area contributed by atoms with Crippen molar-refractivity contribution in [3.63, 3.8) is 0 Å². The van der Waals surface area contributed by atoms with Crippen LogP contribution in [-0.4, -0.2) is 13.7 Å². The molecule has 0 atom stereocenters. The Labute approximate surface area is 341 Å². The molecule has 0 aliphatic carbocycles. The molecule has 4 aromatic heterocycles.